The second kappa shape index (κ2) is 13.4. The number of primary amides is 1. The lowest BCUT2D eigenvalue weighted by atomic mass is 9.98. The molecule has 4 amide bonds. The summed E-state index contributed by atoms with van der Waals surface area (Å²) in [7, 11) is 0. The maximum absolute atomic E-state index is 13.1. The third kappa shape index (κ3) is 8.67. The van der Waals surface area contributed by atoms with Crippen LogP contribution in [0.1, 0.15) is 45.1 Å². The molecule has 7 N–H and O–H groups in total. The second-order valence-electron chi connectivity index (χ2n) is 8.84. The number of nitrogens with one attached hydrogen (secondary N) is 4. The molecule has 5 unspecified atom stereocenters. The van der Waals surface area contributed by atoms with E-state index in [4.69, 9.17) is 5.73 Å². The van der Waals surface area contributed by atoms with Gasteiger partial charge in [-0.15, -0.1) is 0 Å². The molecule has 1 saturated heterocycles. The highest BCUT2D eigenvalue weighted by Gasteiger charge is 2.33. The Morgan fingerprint density at radius 3 is 2.26 bits per heavy atom. The smallest absolute Gasteiger partial charge is 0.326 e. The molecule has 1 aliphatic rings. The van der Waals surface area contributed by atoms with Crippen LogP contribution < -0.4 is 27.0 Å². The Balaban J connectivity index is 2.21. The maximum Gasteiger partial charge on any atom is 0.326 e. The topological polar surface area (TPSA) is 180 Å². The molecule has 11 heteroatoms. The predicted molar refractivity (Wildman–Crippen MR) is 128 cm³/mol. The van der Waals surface area contributed by atoms with Gasteiger partial charge in [-0.25, -0.2) is 4.79 Å². The van der Waals surface area contributed by atoms with E-state index in [-0.39, 0.29) is 12.3 Å². The van der Waals surface area contributed by atoms with Crippen LogP contribution in [0.4, 0.5) is 0 Å². The fourth-order valence-electron chi connectivity index (χ4n) is 3.86. The van der Waals surface area contributed by atoms with Crippen molar-refractivity contribution in [3.05, 3.63) is 35.9 Å². The molecule has 192 valence electrons. The van der Waals surface area contributed by atoms with Gasteiger partial charge in [0.15, 0.2) is 0 Å². The Labute approximate surface area is 204 Å². The number of carbonyl (C=O) groups is 5. The fourth-order valence-corrected chi connectivity index (χ4v) is 3.86. The number of carbonyl (C=O) groups excluding carboxylic acids is 4. The summed E-state index contributed by atoms with van der Waals surface area (Å²) in [6.07, 6.45) is 1.56. The number of benzene rings is 1. The zero-order valence-electron chi connectivity index (χ0n) is 20.1. The number of carboxylic acid groups (broad SMARTS) is 1. The molecule has 1 aliphatic heterocycles. The van der Waals surface area contributed by atoms with Gasteiger partial charge in [0.25, 0.3) is 0 Å². The van der Waals surface area contributed by atoms with Crippen molar-refractivity contribution < 1.29 is 29.1 Å². The minimum atomic E-state index is -1.28. The predicted octanol–water partition coefficient (Wildman–Crippen LogP) is -0.558. The molecule has 0 bridgehead atoms. The van der Waals surface area contributed by atoms with E-state index >= 15 is 0 Å². The molecule has 0 saturated carbocycles. The fraction of sp³-hybridized carbons (Fsp3) is 0.542. The van der Waals surface area contributed by atoms with E-state index in [1.165, 1.54) is 0 Å². The number of nitrogens with two attached hydrogens (primary N) is 1. The van der Waals surface area contributed by atoms with E-state index in [0.717, 1.165) is 12.0 Å². The molecular weight excluding hydrogens is 454 g/mol. The summed E-state index contributed by atoms with van der Waals surface area (Å²) in [6.45, 7) is 4.19. The van der Waals surface area contributed by atoms with Crippen LogP contribution in [0.25, 0.3) is 0 Å². The maximum atomic E-state index is 13.1. The van der Waals surface area contributed by atoms with Crippen molar-refractivity contribution in [1.82, 2.24) is 21.3 Å². The third-order valence-corrected chi connectivity index (χ3v) is 6.11. The molecule has 0 spiro atoms. The summed E-state index contributed by atoms with van der Waals surface area (Å²) in [5, 5.41) is 20.2. The Morgan fingerprint density at radius 1 is 1.06 bits per heavy atom. The van der Waals surface area contributed by atoms with Gasteiger partial charge in [0.05, 0.1) is 12.5 Å². The Hall–Kier alpha value is -3.47. The van der Waals surface area contributed by atoms with Crippen molar-refractivity contribution in [2.24, 2.45) is 11.7 Å². The monoisotopic (exact) mass is 489 g/mol. The van der Waals surface area contributed by atoms with Crippen molar-refractivity contribution >= 4 is 29.6 Å². The lowest BCUT2D eigenvalue weighted by molar-refractivity contribution is -0.144. The lowest BCUT2D eigenvalue weighted by Crippen LogP contribution is -2.58. The summed E-state index contributed by atoms with van der Waals surface area (Å²) in [6, 6.07) is 4.84. The third-order valence-electron chi connectivity index (χ3n) is 6.11. The number of carboxylic acids is 1. The molecule has 0 aromatic heterocycles. The van der Waals surface area contributed by atoms with Crippen molar-refractivity contribution in [2.45, 2.75) is 70.1 Å². The van der Waals surface area contributed by atoms with Crippen LogP contribution in [0.5, 0.6) is 0 Å². The van der Waals surface area contributed by atoms with Gasteiger partial charge in [-0.05, 0) is 30.9 Å². The molecule has 2 rings (SSSR count). The van der Waals surface area contributed by atoms with Crippen LogP contribution in [0.15, 0.2) is 30.3 Å². The van der Waals surface area contributed by atoms with Crippen molar-refractivity contribution in [3.63, 3.8) is 0 Å². The van der Waals surface area contributed by atoms with Gasteiger partial charge >= 0.3 is 5.97 Å². The van der Waals surface area contributed by atoms with E-state index in [1.807, 2.05) is 6.92 Å². The van der Waals surface area contributed by atoms with Crippen LogP contribution in [-0.4, -0.2) is 65.4 Å². The van der Waals surface area contributed by atoms with Gasteiger partial charge in [0.2, 0.25) is 23.6 Å². The molecule has 5 atom stereocenters. The number of hydrogen-bond donors (Lipinski definition) is 6. The van der Waals surface area contributed by atoms with Crippen molar-refractivity contribution in [1.29, 1.82) is 0 Å². The summed E-state index contributed by atoms with van der Waals surface area (Å²) in [5.41, 5.74) is 6.02. The van der Waals surface area contributed by atoms with Crippen LogP contribution in [0.3, 0.4) is 0 Å². The average Bonchev–Trinajstić information content (AvgIpc) is 3.36. The quantitative estimate of drug-likeness (QED) is 0.215. The van der Waals surface area contributed by atoms with Crippen molar-refractivity contribution in [3.8, 4) is 0 Å². The number of aliphatic carboxylic acids is 1. The largest absolute Gasteiger partial charge is 0.480 e. The number of hydrogen-bond acceptors (Lipinski definition) is 6. The summed E-state index contributed by atoms with van der Waals surface area (Å²) in [4.78, 5) is 62.0. The lowest BCUT2D eigenvalue weighted by Gasteiger charge is -2.26. The van der Waals surface area contributed by atoms with Crippen molar-refractivity contribution in [2.75, 3.05) is 6.54 Å². The molecule has 0 aliphatic carbocycles. The molecule has 1 aromatic rings. The van der Waals surface area contributed by atoms with Gasteiger partial charge in [0, 0.05) is 6.42 Å². The standard InChI is InChI=1S/C24H35N5O6/c1-3-14(2)20(24(34)35)29-23(33)17(12-15-8-5-4-6-9-15)27-22(32)18(13-19(25)30)28-21(31)16-10-7-11-26-16/h4-6,8-9,14,16-18,20,26H,3,7,10-13H2,1-2H3,(H2,25,30)(H,27,32)(H,28,31)(H,29,33)(H,34,35). The Bertz CT molecular complexity index is 903. The first kappa shape index (κ1) is 27.8. The van der Waals surface area contributed by atoms with E-state index in [1.54, 1.807) is 37.3 Å². The Morgan fingerprint density at radius 2 is 1.71 bits per heavy atom. The van der Waals surface area contributed by atoms with E-state index in [2.05, 4.69) is 21.3 Å². The molecule has 1 aromatic carbocycles. The zero-order chi connectivity index (χ0) is 26.0. The van der Waals surface area contributed by atoms with Gasteiger partial charge in [0.1, 0.15) is 18.1 Å². The van der Waals surface area contributed by atoms with Gasteiger partial charge in [-0.3, -0.25) is 19.2 Å². The first-order chi connectivity index (χ1) is 16.6. The molecule has 1 fully saturated rings. The van der Waals surface area contributed by atoms with E-state index in [0.29, 0.717) is 19.4 Å². The van der Waals surface area contributed by atoms with Gasteiger partial charge in [-0.1, -0.05) is 50.6 Å². The summed E-state index contributed by atoms with van der Waals surface area (Å²) < 4.78 is 0. The van der Waals surface area contributed by atoms with E-state index < -0.39 is 60.2 Å². The first-order valence-corrected chi connectivity index (χ1v) is 11.8. The van der Waals surface area contributed by atoms with Gasteiger partial charge < -0.3 is 32.1 Å². The van der Waals surface area contributed by atoms with Crippen LogP contribution in [0, 0.1) is 5.92 Å². The molecule has 11 nitrogen and oxygen atoms in total. The SMILES string of the molecule is CCC(C)C(NC(=O)C(Cc1ccccc1)NC(=O)C(CC(N)=O)NC(=O)C1CCCN1)C(=O)O. The summed E-state index contributed by atoms with van der Waals surface area (Å²) in [5.74, 6) is -4.20. The highest BCUT2D eigenvalue weighted by Crippen LogP contribution is 2.11. The zero-order valence-corrected chi connectivity index (χ0v) is 20.1. The normalized spacial score (nSPS) is 18.5. The number of rotatable bonds is 13. The highest BCUT2D eigenvalue weighted by molar-refractivity contribution is 5.96. The van der Waals surface area contributed by atoms with Gasteiger partial charge in [-0.2, -0.15) is 0 Å². The Kier molecular flexibility index (Phi) is 10.7. The van der Waals surface area contributed by atoms with Crippen LogP contribution >= 0.6 is 0 Å². The summed E-state index contributed by atoms with van der Waals surface area (Å²) >= 11 is 0. The molecule has 1 heterocycles. The first-order valence-electron chi connectivity index (χ1n) is 11.8. The molecule has 0 radical (unpaired) electrons. The minimum absolute atomic E-state index is 0.0761. The molecule has 35 heavy (non-hydrogen) atoms. The number of amides is 4. The van der Waals surface area contributed by atoms with Crippen LogP contribution in [-0.2, 0) is 30.4 Å². The van der Waals surface area contributed by atoms with Crippen LogP contribution in [0.2, 0.25) is 0 Å². The second-order valence-corrected chi connectivity index (χ2v) is 8.84. The molecular formula is C24H35N5O6. The minimum Gasteiger partial charge on any atom is -0.480 e. The van der Waals surface area contributed by atoms with E-state index in [9.17, 15) is 29.1 Å². The average molecular weight is 490 g/mol. The highest BCUT2D eigenvalue weighted by atomic mass is 16.4.